The van der Waals surface area contributed by atoms with E-state index in [-0.39, 0.29) is 16.7 Å². The summed E-state index contributed by atoms with van der Waals surface area (Å²) in [7, 11) is 0. The molecule has 2 heteroatoms. The second kappa shape index (κ2) is 5.90. The highest BCUT2D eigenvalue weighted by Gasteiger charge is 2.37. The first-order valence-corrected chi connectivity index (χ1v) is 9.37. The van der Waals surface area contributed by atoms with Crippen LogP contribution in [0.4, 0.5) is 0 Å². The van der Waals surface area contributed by atoms with Gasteiger partial charge in [-0.15, -0.1) is 17.9 Å². The maximum atomic E-state index is 9.09. The van der Waals surface area contributed by atoms with Gasteiger partial charge < -0.3 is 0 Å². The Morgan fingerprint density at radius 2 is 1.75 bits per heavy atom. The molecule has 0 radical (unpaired) electrons. The molecule has 0 bridgehead atoms. The standard InChI is InChI=1S/C22H25NS/c1-6-17(20-10-8-16(14-23)24-20)15-7-9-18-19(13-15)22(4,5)12-11-21(18,2)3/h6-10,13,17H,1,11-12H2,2-5H3. The van der Waals surface area contributed by atoms with E-state index in [4.69, 9.17) is 5.26 Å². The van der Waals surface area contributed by atoms with Crippen LogP contribution in [0.25, 0.3) is 0 Å². The van der Waals surface area contributed by atoms with E-state index in [1.54, 1.807) is 11.3 Å². The normalized spacial score (nSPS) is 19.1. The SMILES string of the molecule is C=CC(c1ccc2c(c1)C(C)(C)CCC2(C)C)c1ccc(C#N)s1. The lowest BCUT2D eigenvalue weighted by molar-refractivity contribution is 0.331. The van der Waals surface area contributed by atoms with Gasteiger partial charge in [0, 0.05) is 10.8 Å². The molecule has 1 aliphatic rings. The quantitative estimate of drug-likeness (QED) is 0.605. The lowest BCUT2D eigenvalue weighted by Gasteiger charge is -2.42. The summed E-state index contributed by atoms with van der Waals surface area (Å²) in [5, 5.41) is 9.09. The Bertz CT molecular complexity index is 817. The highest BCUT2D eigenvalue weighted by Crippen LogP contribution is 2.47. The Morgan fingerprint density at radius 1 is 1.08 bits per heavy atom. The number of nitrogens with zero attached hydrogens (tertiary/aromatic N) is 1. The van der Waals surface area contributed by atoms with Gasteiger partial charge in [-0.3, -0.25) is 0 Å². The molecule has 1 atom stereocenters. The Kier molecular flexibility index (Phi) is 4.18. The minimum atomic E-state index is 0.156. The Labute approximate surface area is 149 Å². The maximum absolute atomic E-state index is 9.09. The molecule has 0 N–H and O–H groups in total. The van der Waals surface area contributed by atoms with E-state index in [2.05, 4.69) is 64.6 Å². The van der Waals surface area contributed by atoms with Crippen LogP contribution >= 0.6 is 11.3 Å². The molecule has 24 heavy (non-hydrogen) atoms. The summed E-state index contributed by atoms with van der Waals surface area (Å²) in [6, 6.07) is 13.2. The van der Waals surface area contributed by atoms with Crippen LogP contribution < -0.4 is 0 Å². The number of fused-ring (bicyclic) bond motifs is 1. The maximum Gasteiger partial charge on any atom is 0.110 e. The summed E-state index contributed by atoms with van der Waals surface area (Å²) in [6.07, 6.45) is 4.44. The monoisotopic (exact) mass is 335 g/mol. The van der Waals surface area contributed by atoms with E-state index < -0.39 is 0 Å². The van der Waals surface area contributed by atoms with Crippen molar-refractivity contribution < 1.29 is 0 Å². The largest absolute Gasteiger partial charge is 0.192 e. The van der Waals surface area contributed by atoms with Crippen molar-refractivity contribution in [2.24, 2.45) is 0 Å². The molecule has 124 valence electrons. The first-order chi connectivity index (χ1) is 11.3. The number of hydrogen-bond donors (Lipinski definition) is 0. The summed E-state index contributed by atoms with van der Waals surface area (Å²) >= 11 is 1.57. The summed E-state index contributed by atoms with van der Waals surface area (Å²) in [6.45, 7) is 13.5. The number of rotatable bonds is 3. The van der Waals surface area contributed by atoms with Crippen LogP contribution in [0.1, 0.15) is 72.9 Å². The summed E-state index contributed by atoms with van der Waals surface area (Å²) in [4.78, 5) is 1.95. The predicted octanol–water partition coefficient (Wildman–Crippen LogP) is 6.29. The smallest absolute Gasteiger partial charge is 0.110 e. The van der Waals surface area contributed by atoms with Crippen LogP contribution in [0.15, 0.2) is 43.0 Å². The van der Waals surface area contributed by atoms with Gasteiger partial charge in [0.2, 0.25) is 0 Å². The topological polar surface area (TPSA) is 23.8 Å². The summed E-state index contributed by atoms with van der Waals surface area (Å²) < 4.78 is 0. The van der Waals surface area contributed by atoms with Gasteiger partial charge in [-0.25, -0.2) is 0 Å². The number of benzene rings is 1. The van der Waals surface area contributed by atoms with Crippen molar-refractivity contribution >= 4 is 11.3 Å². The minimum Gasteiger partial charge on any atom is -0.192 e. The molecule has 3 rings (SSSR count). The predicted molar refractivity (Wildman–Crippen MR) is 103 cm³/mol. The van der Waals surface area contributed by atoms with Crippen molar-refractivity contribution in [1.29, 1.82) is 5.26 Å². The molecular weight excluding hydrogens is 310 g/mol. The zero-order valence-electron chi connectivity index (χ0n) is 15.0. The second-order valence-electron chi connectivity index (χ2n) is 8.10. The van der Waals surface area contributed by atoms with Gasteiger partial charge in [-0.2, -0.15) is 5.26 Å². The van der Waals surface area contributed by atoms with Gasteiger partial charge >= 0.3 is 0 Å². The van der Waals surface area contributed by atoms with Gasteiger partial charge in [0.15, 0.2) is 0 Å². The Balaban J connectivity index is 2.09. The van der Waals surface area contributed by atoms with Gasteiger partial charge in [0.1, 0.15) is 10.9 Å². The average molecular weight is 336 g/mol. The number of nitriles is 1. The molecule has 1 aromatic heterocycles. The first-order valence-electron chi connectivity index (χ1n) is 8.56. The molecule has 0 fully saturated rings. The lowest BCUT2D eigenvalue weighted by Crippen LogP contribution is -2.34. The molecule has 1 nitrogen and oxygen atoms in total. The first kappa shape index (κ1) is 17.0. The van der Waals surface area contributed by atoms with Crippen molar-refractivity contribution in [3.63, 3.8) is 0 Å². The van der Waals surface area contributed by atoms with Crippen LogP contribution in [0.2, 0.25) is 0 Å². The minimum absolute atomic E-state index is 0.156. The van der Waals surface area contributed by atoms with Crippen LogP contribution in [0, 0.1) is 11.3 Å². The van der Waals surface area contributed by atoms with E-state index >= 15 is 0 Å². The zero-order valence-corrected chi connectivity index (χ0v) is 15.8. The van der Waals surface area contributed by atoms with Gasteiger partial charge in [0.25, 0.3) is 0 Å². The zero-order chi connectivity index (χ0) is 17.5. The van der Waals surface area contributed by atoms with Crippen LogP contribution in [0.3, 0.4) is 0 Å². The fourth-order valence-corrected chi connectivity index (χ4v) is 4.73. The van der Waals surface area contributed by atoms with E-state index in [1.165, 1.54) is 34.4 Å². The summed E-state index contributed by atoms with van der Waals surface area (Å²) in [5.74, 6) is 0.156. The second-order valence-corrected chi connectivity index (χ2v) is 9.22. The molecular formula is C22H25NS. The number of allylic oxidation sites excluding steroid dienone is 1. The van der Waals surface area contributed by atoms with Crippen molar-refractivity contribution in [3.05, 3.63) is 69.4 Å². The molecule has 1 unspecified atom stereocenters. The van der Waals surface area contributed by atoms with E-state index in [0.717, 1.165) is 4.88 Å². The van der Waals surface area contributed by atoms with Gasteiger partial charge in [-0.1, -0.05) is 52.0 Å². The van der Waals surface area contributed by atoms with Crippen molar-refractivity contribution in [3.8, 4) is 6.07 Å². The molecule has 1 heterocycles. The van der Waals surface area contributed by atoms with E-state index in [9.17, 15) is 0 Å². The van der Waals surface area contributed by atoms with E-state index in [0.29, 0.717) is 0 Å². The summed E-state index contributed by atoms with van der Waals surface area (Å²) in [5.41, 5.74) is 4.68. The third kappa shape index (κ3) is 2.82. The molecule has 1 aromatic carbocycles. The Hall–Kier alpha value is -1.85. The van der Waals surface area contributed by atoms with Crippen LogP contribution in [0.5, 0.6) is 0 Å². The van der Waals surface area contributed by atoms with Crippen LogP contribution in [-0.4, -0.2) is 0 Å². The molecule has 0 amide bonds. The molecule has 0 saturated carbocycles. The number of hydrogen-bond acceptors (Lipinski definition) is 2. The third-order valence-electron chi connectivity index (χ3n) is 5.52. The Morgan fingerprint density at radius 3 is 2.33 bits per heavy atom. The van der Waals surface area contributed by atoms with Crippen molar-refractivity contribution in [1.82, 2.24) is 0 Å². The molecule has 2 aromatic rings. The fraction of sp³-hybridized carbons (Fsp3) is 0.409. The van der Waals surface area contributed by atoms with Crippen molar-refractivity contribution in [2.45, 2.75) is 57.3 Å². The van der Waals surface area contributed by atoms with Gasteiger partial charge in [-0.05, 0) is 52.5 Å². The van der Waals surface area contributed by atoms with E-state index in [1.807, 2.05) is 12.1 Å². The molecule has 1 aliphatic carbocycles. The highest BCUT2D eigenvalue weighted by molar-refractivity contribution is 7.12. The highest BCUT2D eigenvalue weighted by atomic mass is 32.1. The lowest BCUT2D eigenvalue weighted by atomic mass is 9.62. The fourth-order valence-electron chi connectivity index (χ4n) is 3.80. The van der Waals surface area contributed by atoms with Gasteiger partial charge in [0.05, 0.1) is 0 Å². The van der Waals surface area contributed by atoms with Crippen molar-refractivity contribution in [2.75, 3.05) is 0 Å². The molecule has 0 saturated heterocycles. The average Bonchev–Trinajstić information content (AvgIpc) is 3.01. The number of thiophene rings is 1. The van der Waals surface area contributed by atoms with Crippen LogP contribution in [-0.2, 0) is 10.8 Å². The molecule has 0 spiro atoms. The third-order valence-corrected chi connectivity index (χ3v) is 6.59. The molecule has 0 aliphatic heterocycles.